The van der Waals surface area contributed by atoms with E-state index in [4.69, 9.17) is 4.74 Å². The minimum Gasteiger partial charge on any atom is -0.373 e. The van der Waals surface area contributed by atoms with Crippen LogP contribution in [-0.4, -0.2) is 49.3 Å². The highest BCUT2D eigenvalue weighted by Gasteiger charge is 2.26. The lowest BCUT2D eigenvalue weighted by atomic mass is 9.86. The van der Waals surface area contributed by atoms with Gasteiger partial charge in [0, 0.05) is 32.7 Å². The third kappa shape index (κ3) is 4.87. The van der Waals surface area contributed by atoms with Crippen molar-refractivity contribution in [1.29, 1.82) is 0 Å². The van der Waals surface area contributed by atoms with Crippen molar-refractivity contribution in [3.05, 3.63) is 0 Å². The minimum absolute atomic E-state index is 0.0239. The second-order valence-corrected chi connectivity index (χ2v) is 6.92. The molecule has 3 nitrogen and oxygen atoms in total. The summed E-state index contributed by atoms with van der Waals surface area (Å²) in [6, 6.07) is 0. The molecule has 1 heterocycles. The van der Waals surface area contributed by atoms with Crippen LogP contribution in [0, 0.1) is 5.92 Å². The van der Waals surface area contributed by atoms with Crippen molar-refractivity contribution in [2.75, 3.05) is 32.7 Å². The van der Waals surface area contributed by atoms with Crippen molar-refractivity contribution in [2.45, 2.75) is 58.2 Å². The molecule has 1 aliphatic heterocycles. The van der Waals surface area contributed by atoms with Crippen LogP contribution in [0.5, 0.6) is 0 Å². The number of hydrogen-bond donors (Lipinski definition) is 1. The van der Waals surface area contributed by atoms with E-state index < -0.39 is 0 Å². The van der Waals surface area contributed by atoms with Gasteiger partial charge in [0.2, 0.25) is 0 Å². The molecule has 0 atom stereocenters. The molecule has 1 aliphatic carbocycles. The van der Waals surface area contributed by atoms with Gasteiger partial charge in [0.25, 0.3) is 0 Å². The number of rotatable bonds is 3. The van der Waals surface area contributed by atoms with Crippen molar-refractivity contribution in [2.24, 2.45) is 5.92 Å². The van der Waals surface area contributed by atoms with Crippen molar-refractivity contribution in [3.63, 3.8) is 0 Å². The minimum atomic E-state index is 0.0239. The SMILES string of the molecule is CC(C)(C)OC1CCC(CN2CCNCC2)CC1. The van der Waals surface area contributed by atoms with E-state index in [1.165, 1.54) is 58.4 Å². The van der Waals surface area contributed by atoms with Crippen LogP contribution in [0.2, 0.25) is 0 Å². The Bertz CT molecular complexity index is 235. The summed E-state index contributed by atoms with van der Waals surface area (Å²) in [5, 5.41) is 3.42. The van der Waals surface area contributed by atoms with E-state index in [2.05, 4.69) is 31.0 Å². The van der Waals surface area contributed by atoms with Crippen molar-refractivity contribution >= 4 is 0 Å². The van der Waals surface area contributed by atoms with Crippen LogP contribution in [0.25, 0.3) is 0 Å². The predicted octanol–water partition coefficient (Wildman–Crippen LogP) is 2.27. The number of nitrogens with zero attached hydrogens (tertiary/aromatic N) is 1. The fourth-order valence-electron chi connectivity index (χ4n) is 3.19. The summed E-state index contributed by atoms with van der Waals surface area (Å²) in [5.74, 6) is 0.905. The Balaban J connectivity index is 1.66. The zero-order valence-electron chi connectivity index (χ0n) is 12.4. The van der Waals surface area contributed by atoms with Crippen LogP contribution in [0.4, 0.5) is 0 Å². The highest BCUT2D eigenvalue weighted by molar-refractivity contribution is 4.79. The number of hydrogen-bond acceptors (Lipinski definition) is 3. The van der Waals surface area contributed by atoms with Gasteiger partial charge in [-0.15, -0.1) is 0 Å². The Hall–Kier alpha value is -0.120. The molecule has 0 amide bonds. The molecule has 2 rings (SSSR count). The molecule has 2 fully saturated rings. The van der Waals surface area contributed by atoms with Crippen LogP contribution in [-0.2, 0) is 4.74 Å². The molecule has 2 aliphatic rings. The van der Waals surface area contributed by atoms with E-state index in [9.17, 15) is 0 Å². The van der Waals surface area contributed by atoms with Gasteiger partial charge in [-0.1, -0.05) is 0 Å². The van der Waals surface area contributed by atoms with E-state index in [0.717, 1.165) is 5.92 Å². The highest BCUT2D eigenvalue weighted by atomic mass is 16.5. The zero-order chi connectivity index (χ0) is 13.0. The predicted molar refractivity (Wildman–Crippen MR) is 75.9 cm³/mol. The van der Waals surface area contributed by atoms with Gasteiger partial charge in [-0.2, -0.15) is 0 Å². The standard InChI is InChI=1S/C15H30N2O/c1-15(2,3)18-14-6-4-13(5-7-14)12-17-10-8-16-9-11-17/h13-14,16H,4-12H2,1-3H3. The molecule has 1 saturated heterocycles. The average Bonchev–Trinajstić information content (AvgIpc) is 2.31. The molecule has 1 N–H and O–H groups in total. The fourth-order valence-corrected chi connectivity index (χ4v) is 3.19. The second-order valence-electron chi connectivity index (χ2n) is 6.92. The van der Waals surface area contributed by atoms with Crippen LogP contribution in [0.3, 0.4) is 0 Å². The van der Waals surface area contributed by atoms with Crippen molar-refractivity contribution < 1.29 is 4.74 Å². The number of ether oxygens (including phenoxy) is 1. The van der Waals surface area contributed by atoms with Gasteiger partial charge < -0.3 is 15.0 Å². The molecule has 0 unspecified atom stereocenters. The second kappa shape index (κ2) is 6.36. The molecule has 0 spiro atoms. The molecule has 0 bridgehead atoms. The molecule has 0 aromatic rings. The Labute approximate surface area is 112 Å². The third-order valence-corrected chi connectivity index (χ3v) is 4.04. The summed E-state index contributed by atoms with van der Waals surface area (Å²) in [5.41, 5.74) is 0.0239. The first-order valence-electron chi connectivity index (χ1n) is 7.64. The number of nitrogens with one attached hydrogen (secondary N) is 1. The van der Waals surface area contributed by atoms with Crippen LogP contribution in [0.15, 0.2) is 0 Å². The summed E-state index contributed by atoms with van der Waals surface area (Å²) in [4.78, 5) is 2.63. The first-order valence-corrected chi connectivity index (χ1v) is 7.64. The molecular weight excluding hydrogens is 224 g/mol. The first-order chi connectivity index (χ1) is 8.53. The van der Waals surface area contributed by atoms with Gasteiger partial charge in [0.15, 0.2) is 0 Å². The van der Waals surface area contributed by atoms with Crippen LogP contribution >= 0.6 is 0 Å². The Morgan fingerprint density at radius 3 is 2.22 bits per heavy atom. The topological polar surface area (TPSA) is 24.5 Å². The van der Waals surface area contributed by atoms with E-state index in [1.54, 1.807) is 0 Å². The molecule has 106 valence electrons. The Morgan fingerprint density at radius 2 is 1.67 bits per heavy atom. The molecule has 1 saturated carbocycles. The van der Waals surface area contributed by atoms with Gasteiger partial charge >= 0.3 is 0 Å². The van der Waals surface area contributed by atoms with Crippen molar-refractivity contribution in [1.82, 2.24) is 10.2 Å². The van der Waals surface area contributed by atoms with Gasteiger partial charge in [-0.05, 0) is 52.4 Å². The van der Waals surface area contributed by atoms with E-state index in [1.807, 2.05) is 0 Å². The Morgan fingerprint density at radius 1 is 1.06 bits per heavy atom. The lowest BCUT2D eigenvalue weighted by Gasteiger charge is -2.36. The average molecular weight is 254 g/mol. The molecule has 0 radical (unpaired) electrons. The van der Waals surface area contributed by atoms with E-state index in [-0.39, 0.29) is 5.60 Å². The molecule has 18 heavy (non-hydrogen) atoms. The van der Waals surface area contributed by atoms with Gasteiger partial charge in [0.1, 0.15) is 0 Å². The Kier molecular flexibility index (Phi) is 5.05. The largest absolute Gasteiger partial charge is 0.373 e. The maximum Gasteiger partial charge on any atom is 0.0602 e. The van der Waals surface area contributed by atoms with Crippen molar-refractivity contribution in [3.8, 4) is 0 Å². The fraction of sp³-hybridized carbons (Fsp3) is 1.00. The normalized spacial score (nSPS) is 31.5. The lowest BCUT2D eigenvalue weighted by molar-refractivity contribution is -0.0795. The summed E-state index contributed by atoms with van der Waals surface area (Å²) in [6.45, 7) is 12.6. The summed E-state index contributed by atoms with van der Waals surface area (Å²) in [7, 11) is 0. The number of piperazine rings is 1. The van der Waals surface area contributed by atoms with Crippen LogP contribution < -0.4 is 5.32 Å². The summed E-state index contributed by atoms with van der Waals surface area (Å²) < 4.78 is 6.09. The molecule has 3 heteroatoms. The van der Waals surface area contributed by atoms with E-state index in [0.29, 0.717) is 6.10 Å². The maximum absolute atomic E-state index is 6.09. The maximum atomic E-state index is 6.09. The summed E-state index contributed by atoms with van der Waals surface area (Å²) in [6.07, 6.45) is 5.72. The first kappa shape index (κ1) is 14.3. The molecular formula is C15H30N2O. The van der Waals surface area contributed by atoms with Gasteiger partial charge in [-0.25, -0.2) is 0 Å². The van der Waals surface area contributed by atoms with Gasteiger partial charge in [-0.3, -0.25) is 0 Å². The zero-order valence-corrected chi connectivity index (χ0v) is 12.4. The van der Waals surface area contributed by atoms with Gasteiger partial charge in [0.05, 0.1) is 11.7 Å². The van der Waals surface area contributed by atoms with Crippen LogP contribution in [0.1, 0.15) is 46.5 Å². The monoisotopic (exact) mass is 254 g/mol. The van der Waals surface area contributed by atoms with E-state index >= 15 is 0 Å². The quantitative estimate of drug-likeness (QED) is 0.836. The molecule has 0 aromatic carbocycles. The summed E-state index contributed by atoms with van der Waals surface area (Å²) >= 11 is 0. The highest BCUT2D eigenvalue weighted by Crippen LogP contribution is 2.29. The lowest BCUT2D eigenvalue weighted by Crippen LogP contribution is -2.45. The molecule has 0 aromatic heterocycles. The third-order valence-electron chi connectivity index (χ3n) is 4.04. The smallest absolute Gasteiger partial charge is 0.0602 e.